The molecule has 0 aromatic carbocycles. The maximum atomic E-state index is 11.7. The van der Waals surface area contributed by atoms with E-state index in [0.717, 1.165) is 0 Å². The van der Waals surface area contributed by atoms with Gasteiger partial charge in [-0.25, -0.2) is 9.78 Å². The maximum absolute atomic E-state index is 11.7. The summed E-state index contributed by atoms with van der Waals surface area (Å²) in [7, 11) is 1.53. The number of carboxylic acids is 1. The third-order valence-corrected chi connectivity index (χ3v) is 2.47. The van der Waals surface area contributed by atoms with Gasteiger partial charge < -0.3 is 20.5 Å². The van der Waals surface area contributed by atoms with Crippen molar-refractivity contribution in [1.29, 1.82) is 0 Å². The average molecular weight is 295 g/mol. The lowest BCUT2D eigenvalue weighted by Crippen LogP contribution is -2.32. The van der Waals surface area contributed by atoms with E-state index in [1.54, 1.807) is 0 Å². The summed E-state index contributed by atoms with van der Waals surface area (Å²) in [5.41, 5.74) is -0.213. The van der Waals surface area contributed by atoms with Gasteiger partial charge in [-0.1, -0.05) is 6.07 Å². The second-order valence-corrected chi connectivity index (χ2v) is 4.06. The number of pyridine rings is 1. The number of hydrogen-bond acceptors (Lipinski definition) is 5. The molecule has 0 fully saturated rings. The summed E-state index contributed by atoms with van der Waals surface area (Å²) in [6, 6.07) is 4.13. The van der Waals surface area contributed by atoms with Crippen LogP contribution in [-0.4, -0.2) is 54.7 Å². The van der Waals surface area contributed by atoms with E-state index in [2.05, 4.69) is 15.6 Å². The average Bonchev–Trinajstić information content (AvgIpc) is 2.47. The van der Waals surface area contributed by atoms with Crippen molar-refractivity contribution < 1.29 is 24.2 Å². The summed E-state index contributed by atoms with van der Waals surface area (Å²) in [4.78, 5) is 37.6. The monoisotopic (exact) mass is 295 g/mol. The molecule has 0 atom stereocenters. The van der Waals surface area contributed by atoms with E-state index in [1.165, 1.54) is 25.3 Å². The Hall–Kier alpha value is -2.48. The molecule has 0 bridgehead atoms. The Morgan fingerprint density at radius 2 is 1.90 bits per heavy atom. The first kappa shape index (κ1) is 16.6. The van der Waals surface area contributed by atoms with E-state index in [9.17, 15) is 14.4 Å². The second-order valence-electron chi connectivity index (χ2n) is 4.06. The number of carbonyl (C=O) groups excluding carboxylic acids is 2. The largest absolute Gasteiger partial charge is 0.477 e. The molecule has 0 radical (unpaired) electrons. The van der Waals surface area contributed by atoms with Gasteiger partial charge in [0.05, 0.1) is 6.61 Å². The number of methoxy groups -OCH3 is 1. The molecule has 0 aliphatic rings. The highest BCUT2D eigenvalue weighted by atomic mass is 16.5. The standard InChI is InChI=1S/C13H17N3O5/c1-21-8-7-14-11(17)5-6-15-12(18)9-3-2-4-10(16-9)13(19)20/h2-4H,5-8H2,1H3,(H,14,17)(H,15,18)(H,19,20). The van der Waals surface area contributed by atoms with Crippen molar-refractivity contribution in [3.63, 3.8) is 0 Å². The highest BCUT2D eigenvalue weighted by Crippen LogP contribution is 1.99. The molecule has 114 valence electrons. The van der Waals surface area contributed by atoms with Gasteiger partial charge in [0.1, 0.15) is 11.4 Å². The van der Waals surface area contributed by atoms with Crippen LogP contribution >= 0.6 is 0 Å². The molecule has 1 aromatic rings. The molecule has 1 aromatic heterocycles. The first-order valence-electron chi connectivity index (χ1n) is 6.28. The first-order chi connectivity index (χ1) is 10.0. The molecule has 1 rings (SSSR count). The van der Waals surface area contributed by atoms with Crippen molar-refractivity contribution in [1.82, 2.24) is 15.6 Å². The number of rotatable bonds is 8. The minimum atomic E-state index is -1.21. The van der Waals surface area contributed by atoms with Crippen LogP contribution in [0.15, 0.2) is 18.2 Å². The fourth-order valence-electron chi connectivity index (χ4n) is 1.44. The van der Waals surface area contributed by atoms with Gasteiger partial charge in [0, 0.05) is 26.6 Å². The Kier molecular flexibility index (Phi) is 6.82. The number of amides is 2. The van der Waals surface area contributed by atoms with Crippen LogP contribution in [0.25, 0.3) is 0 Å². The van der Waals surface area contributed by atoms with E-state index in [4.69, 9.17) is 9.84 Å². The third kappa shape index (κ3) is 6.00. The van der Waals surface area contributed by atoms with Crippen molar-refractivity contribution in [2.75, 3.05) is 26.8 Å². The van der Waals surface area contributed by atoms with Gasteiger partial charge in [0.25, 0.3) is 5.91 Å². The van der Waals surface area contributed by atoms with Crippen LogP contribution in [0.4, 0.5) is 0 Å². The van der Waals surface area contributed by atoms with Crippen LogP contribution in [0, 0.1) is 0 Å². The van der Waals surface area contributed by atoms with Crippen molar-refractivity contribution in [3.05, 3.63) is 29.6 Å². The van der Waals surface area contributed by atoms with Crippen LogP contribution in [0.2, 0.25) is 0 Å². The first-order valence-corrected chi connectivity index (χ1v) is 6.28. The van der Waals surface area contributed by atoms with Crippen LogP contribution in [0.5, 0.6) is 0 Å². The molecule has 0 spiro atoms. The minimum absolute atomic E-state index is 0.00492. The summed E-state index contributed by atoms with van der Waals surface area (Å²) in [5, 5.41) is 13.9. The molecule has 8 heteroatoms. The molecule has 0 saturated heterocycles. The number of nitrogens with one attached hydrogen (secondary N) is 2. The van der Waals surface area contributed by atoms with Gasteiger partial charge in [0.2, 0.25) is 5.91 Å². The molecule has 21 heavy (non-hydrogen) atoms. The SMILES string of the molecule is COCCNC(=O)CCNC(=O)c1cccc(C(=O)O)n1. The van der Waals surface area contributed by atoms with Gasteiger partial charge in [0.15, 0.2) is 0 Å². The van der Waals surface area contributed by atoms with E-state index >= 15 is 0 Å². The van der Waals surface area contributed by atoms with Crippen LogP contribution in [0.1, 0.15) is 27.4 Å². The number of carbonyl (C=O) groups is 3. The van der Waals surface area contributed by atoms with Gasteiger partial charge in [-0.15, -0.1) is 0 Å². The van der Waals surface area contributed by atoms with Crippen molar-refractivity contribution in [3.8, 4) is 0 Å². The summed E-state index contributed by atoms with van der Waals surface area (Å²) in [6.45, 7) is 0.964. The lowest BCUT2D eigenvalue weighted by atomic mass is 10.3. The van der Waals surface area contributed by atoms with Crippen molar-refractivity contribution >= 4 is 17.8 Å². The smallest absolute Gasteiger partial charge is 0.354 e. The Balaban J connectivity index is 2.38. The van der Waals surface area contributed by atoms with Gasteiger partial charge in [-0.3, -0.25) is 9.59 Å². The molecule has 2 amide bonds. The van der Waals surface area contributed by atoms with Crippen LogP contribution in [0.3, 0.4) is 0 Å². The number of aromatic carboxylic acids is 1. The predicted octanol–water partition coefficient (Wildman–Crippen LogP) is -0.338. The molecular formula is C13H17N3O5. The molecule has 8 nitrogen and oxygen atoms in total. The van der Waals surface area contributed by atoms with Gasteiger partial charge in [-0.05, 0) is 12.1 Å². The fourth-order valence-corrected chi connectivity index (χ4v) is 1.44. The summed E-state index contributed by atoms with van der Waals surface area (Å²) >= 11 is 0. The molecule has 3 N–H and O–H groups in total. The molecule has 0 unspecified atom stereocenters. The van der Waals surface area contributed by atoms with E-state index in [-0.39, 0.29) is 30.3 Å². The molecule has 0 saturated carbocycles. The van der Waals surface area contributed by atoms with Crippen LogP contribution in [-0.2, 0) is 9.53 Å². The maximum Gasteiger partial charge on any atom is 0.354 e. The quantitative estimate of drug-likeness (QED) is 0.565. The summed E-state index contributed by atoms with van der Waals surface area (Å²) in [6.07, 6.45) is 0.119. The Morgan fingerprint density at radius 3 is 2.57 bits per heavy atom. The Morgan fingerprint density at radius 1 is 1.19 bits per heavy atom. The van der Waals surface area contributed by atoms with Crippen molar-refractivity contribution in [2.45, 2.75) is 6.42 Å². The zero-order valence-corrected chi connectivity index (χ0v) is 11.6. The lowest BCUT2D eigenvalue weighted by Gasteiger charge is -2.06. The van der Waals surface area contributed by atoms with E-state index in [1.807, 2.05) is 0 Å². The Bertz CT molecular complexity index is 518. The zero-order valence-electron chi connectivity index (χ0n) is 11.6. The summed E-state index contributed by atoms with van der Waals surface area (Å²) < 4.78 is 4.78. The third-order valence-electron chi connectivity index (χ3n) is 2.47. The second kappa shape index (κ2) is 8.64. The highest BCUT2D eigenvalue weighted by molar-refractivity contribution is 5.94. The molecule has 0 aliphatic heterocycles. The van der Waals surface area contributed by atoms with Crippen molar-refractivity contribution in [2.24, 2.45) is 0 Å². The zero-order chi connectivity index (χ0) is 15.7. The number of nitrogens with zero attached hydrogens (tertiary/aromatic N) is 1. The lowest BCUT2D eigenvalue weighted by molar-refractivity contribution is -0.121. The van der Waals surface area contributed by atoms with E-state index < -0.39 is 11.9 Å². The minimum Gasteiger partial charge on any atom is -0.477 e. The molecule has 0 aliphatic carbocycles. The van der Waals surface area contributed by atoms with Gasteiger partial charge >= 0.3 is 5.97 Å². The Labute approximate surface area is 121 Å². The summed E-state index contributed by atoms with van der Waals surface area (Å²) in [5.74, 6) is -1.94. The predicted molar refractivity (Wildman–Crippen MR) is 73.0 cm³/mol. The number of hydrogen-bond donors (Lipinski definition) is 3. The van der Waals surface area contributed by atoms with Crippen LogP contribution < -0.4 is 10.6 Å². The number of carboxylic acid groups (broad SMARTS) is 1. The molecule has 1 heterocycles. The van der Waals surface area contributed by atoms with E-state index in [0.29, 0.717) is 13.2 Å². The number of aromatic nitrogens is 1. The normalized spacial score (nSPS) is 9.95. The highest BCUT2D eigenvalue weighted by Gasteiger charge is 2.11. The number of ether oxygens (including phenoxy) is 1. The molecular weight excluding hydrogens is 278 g/mol. The van der Waals surface area contributed by atoms with Gasteiger partial charge in [-0.2, -0.15) is 0 Å². The fraction of sp³-hybridized carbons (Fsp3) is 0.385. The topological polar surface area (TPSA) is 118 Å².